The Bertz CT molecular complexity index is 238. The molecule has 1 aliphatic heterocycles. The molecule has 1 amide bonds. The normalized spacial score (nSPS) is 19.0. The smallest absolute Gasteiger partial charge is 0.221 e. The predicted octanol–water partition coefficient (Wildman–Crippen LogP) is 1.03. The van der Waals surface area contributed by atoms with E-state index in [0.717, 1.165) is 13.1 Å². The van der Waals surface area contributed by atoms with Gasteiger partial charge in [-0.3, -0.25) is 9.69 Å². The summed E-state index contributed by atoms with van der Waals surface area (Å²) in [6, 6.07) is 0. The molecule has 0 aromatic heterocycles. The summed E-state index contributed by atoms with van der Waals surface area (Å²) in [5.41, 5.74) is 0.456. The molecule has 13 heavy (non-hydrogen) atoms. The van der Waals surface area contributed by atoms with Crippen LogP contribution in [0.15, 0.2) is 11.5 Å². The van der Waals surface area contributed by atoms with Gasteiger partial charge in [0.15, 0.2) is 0 Å². The van der Waals surface area contributed by atoms with E-state index in [0.29, 0.717) is 18.7 Å². The van der Waals surface area contributed by atoms with Gasteiger partial charge in [0.25, 0.3) is 0 Å². The number of hydrogen-bond acceptors (Lipinski definition) is 2. The van der Waals surface area contributed by atoms with Gasteiger partial charge in [-0.15, -0.1) is 0 Å². The standard InChI is InChI=1S/C9H15FN2O/c1-3-12-5-4-9(8(10)6-12)11-7(2)13/h3-6H2,1-2H3,(H,11,13). The van der Waals surface area contributed by atoms with E-state index in [9.17, 15) is 9.18 Å². The van der Waals surface area contributed by atoms with E-state index >= 15 is 0 Å². The number of carbonyl (C=O) groups is 1. The van der Waals surface area contributed by atoms with Crippen LogP contribution in [0.2, 0.25) is 0 Å². The summed E-state index contributed by atoms with van der Waals surface area (Å²) in [4.78, 5) is 12.7. The van der Waals surface area contributed by atoms with Gasteiger partial charge in [0.1, 0.15) is 5.83 Å². The predicted molar refractivity (Wildman–Crippen MR) is 48.7 cm³/mol. The van der Waals surface area contributed by atoms with Crippen molar-refractivity contribution < 1.29 is 9.18 Å². The monoisotopic (exact) mass is 186 g/mol. The Kier molecular flexibility index (Phi) is 3.42. The maximum atomic E-state index is 13.3. The molecule has 0 saturated carbocycles. The molecular formula is C9H15FN2O. The number of nitrogens with zero attached hydrogens (tertiary/aromatic N) is 1. The van der Waals surface area contributed by atoms with Crippen LogP contribution in [0.1, 0.15) is 20.3 Å². The molecule has 0 spiro atoms. The van der Waals surface area contributed by atoms with Crippen molar-refractivity contribution in [1.82, 2.24) is 10.2 Å². The summed E-state index contributed by atoms with van der Waals surface area (Å²) in [6.45, 7) is 5.38. The fourth-order valence-electron chi connectivity index (χ4n) is 1.39. The lowest BCUT2D eigenvalue weighted by Crippen LogP contribution is -2.35. The molecule has 1 heterocycles. The first-order chi connectivity index (χ1) is 6.13. The molecule has 0 atom stereocenters. The maximum Gasteiger partial charge on any atom is 0.221 e. The fraction of sp³-hybridized carbons (Fsp3) is 0.667. The molecule has 0 aliphatic carbocycles. The molecular weight excluding hydrogens is 171 g/mol. The highest BCUT2D eigenvalue weighted by Crippen LogP contribution is 2.16. The van der Waals surface area contributed by atoms with E-state index in [-0.39, 0.29) is 11.7 Å². The van der Waals surface area contributed by atoms with Gasteiger partial charge in [0.05, 0.1) is 12.2 Å². The molecule has 1 rings (SSSR count). The average Bonchev–Trinajstić information content (AvgIpc) is 2.08. The van der Waals surface area contributed by atoms with E-state index in [4.69, 9.17) is 0 Å². The molecule has 0 aromatic carbocycles. The number of carbonyl (C=O) groups excluding carboxylic acids is 1. The Morgan fingerprint density at radius 1 is 1.69 bits per heavy atom. The first kappa shape index (κ1) is 10.2. The molecule has 4 heteroatoms. The summed E-state index contributed by atoms with van der Waals surface area (Å²) in [7, 11) is 0. The number of halogens is 1. The molecule has 0 unspecified atom stereocenters. The third-order valence-electron chi connectivity index (χ3n) is 2.14. The van der Waals surface area contributed by atoms with Gasteiger partial charge in [-0.25, -0.2) is 4.39 Å². The van der Waals surface area contributed by atoms with Gasteiger partial charge in [-0.2, -0.15) is 0 Å². The zero-order valence-corrected chi connectivity index (χ0v) is 8.06. The third kappa shape index (κ3) is 2.81. The molecule has 3 nitrogen and oxygen atoms in total. The van der Waals surface area contributed by atoms with Gasteiger partial charge in [-0.1, -0.05) is 6.92 Å². The molecule has 74 valence electrons. The summed E-state index contributed by atoms with van der Waals surface area (Å²) in [6.07, 6.45) is 0.596. The van der Waals surface area contributed by atoms with Crippen molar-refractivity contribution in [3.8, 4) is 0 Å². The topological polar surface area (TPSA) is 32.3 Å². The van der Waals surface area contributed by atoms with E-state index in [2.05, 4.69) is 5.32 Å². The Labute approximate surface area is 77.6 Å². The van der Waals surface area contributed by atoms with Gasteiger partial charge in [0.2, 0.25) is 5.91 Å². The molecule has 0 saturated heterocycles. The lowest BCUT2D eigenvalue weighted by molar-refractivity contribution is -0.118. The van der Waals surface area contributed by atoms with Crippen LogP contribution in [0.4, 0.5) is 4.39 Å². The van der Waals surface area contributed by atoms with E-state index in [1.807, 2.05) is 11.8 Å². The van der Waals surface area contributed by atoms with E-state index < -0.39 is 0 Å². The van der Waals surface area contributed by atoms with Crippen LogP contribution in [-0.2, 0) is 4.79 Å². The first-order valence-electron chi connectivity index (χ1n) is 4.51. The quantitative estimate of drug-likeness (QED) is 0.698. The van der Waals surface area contributed by atoms with Gasteiger partial charge < -0.3 is 5.32 Å². The number of rotatable bonds is 2. The largest absolute Gasteiger partial charge is 0.327 e. The van der Waals surface area contributed by atoms with Crippen molar-refractivity contribution in [3.05, 3.63) is 11.5 Å². The van der Waals surface area contributed by atoms with Crippen LogP contribution >= 0.6 is 0 Å². The zero-order valence-electron chi connectivity index (χ0n) is 8.06. The Morgan fingerprint density at radius 2 is 2.38 bits per heavy atom. The first-order valence-corrected chi connectivity index (χ1v) is 4.51. The lowest BCUT2D eigenvalue weighted by atomic mass is 10.2. The summed E-state index contributed by atoms with van der Waals surface area (Å²) >= 11 is 0. The Hall–Kier alpha value is -0.900. The van der Waals surface area contributed by atoms with Gasteiger partial charge >= 0.3 is 0 Å². The van der Waals surface area contributed by atoms with Crippen molar-refractivity contribution in [2.24, 2.45) is 0 Å². The molecule has 1 aliphatic rings. The Morgan fingerprint density at radius 3 is 2.85 bits per heavy atom. The van der Waals surface area contributed by atoms with Crippen molar-refractivity contribution in [2.75, 3.05) is 19.6 Å². The fourth-order valence-corrected chi connectivity index (χ4v) is 1.39. The zero-order chi connectivity index (χ0) is 9.84. The highest BCUT2D eigenvalue weighted by atomic mass is 19.1. The minimum absolute atomic E-state index is 0.199. The van der Waals surface area contributed by atoms with Crippen molar-refractivity contribution in [2.45, 2.75) is 20.3 Å². The number of hydrogen-bond donors (Lipinski definition) is 1. The van der Waals surface area contributed by atoms with Crippen molar-refractivity contribution >= 4 is 5.91 Å². The second kappa shape index (κ2) is 4.37. The summed E-state index contributed by atoms with van der Waals surface area (Å²) in [5, 5.41) is 2.52. The number of amides is 1. The Balaban J connectivity index is 2.59. The second-order valence-corrected chi connectivity index (χ2v) is 3.18. The number of nitrogens with one attached hydrogen (secondary N) is 1. The highest BCUT2D eigenvalue weighted by Gasteiger charge is 2.18. The maximum absolute atomic E-state index is 13.3. The van der Waals surface area contributed by atoms with Crippen molar-refractivity contribution in [1.29, 1.82) is 0 Å². The van der Waals surface area contributed by atoms with Crippen LogP contribution in [0.25, 0.3) is 0 Å². The van der Waals surface area contributed by atoms with Gasteiger partial charge in [0, 0.05) is 19.9 Å². The molecule has 0 fully saturated rings. The summed E-state index contributed by atoms with van der Waals surface area (Å²) in [5.74, 6) is -0.404. The summed E-state index contributed by atoms with van der Waals surface area (Å²) < 4.78 is 13.3. The lowest BCUT2D eigenvalue weighted by Gasteiger charge is -2.26. The molecule has 0 bridgehead atoms. The SMILES string of the molecule is CCN1CCC(NC(C)=O)=C(F)C1. The molecule has 0 radical (unpaired) electrons. The van der Waals surface area contributed by atoms with Crippen LogP contribution < -0.4 is 5.32 Å². The van der Waals surface area contributed by atoms with Crippen LogP contribution in [0.3, 0.4) is 0 Å². The second-order valence-electron chi connectivity index (χ2n) is 3.18. The molecule has 0 aromatic rings. The van der Waals surface area contributed by atoms with Crippen LogP contribution in [0.5, 0.6) is 0 Å². The van der Waals surface area contributed by atoms with Gasteiger partial charge in [-0.05, 0) is 6.54 Å². The van der Waals surface area contributed by atoms with Crippen LogP contribution in [-0.4, -0.2) is 30.4 Å². The van der Waals surface area contributed by atoms with E-state index in [1.54, 1.807) is 0 Å². The minimum atomic E-state index is -0.205. The molecule has 1 N–H and O–H groups in total. The third-order valence-corrected chi connectivity index (χ3v) is 2.14. The number of likely N-dealkylation sites (N-methyl/N-ethyl adjacent to an activating group) is 1. The van der Waals surface area contributed by atoms with Crippen molar-refractivity contribution in [3.63, 3.8) is 0 Å². The highest BCUT2D eigenvalue weighted by molar-refractivity contribution is 5.75. The van der Waals surface area contributed by atoms with E-state index in [1.165, 1.54) is 6.92 Å². The average molecular weight is 186 g/mol. The van der Waals surface area contributed by atoms with Crippen LogP contribution in [0, 0.1) is 0 Å². The minimum Gasteiger partial charge on any atom is -0.327 e.